The van der Waals surface area contributed by atoms with Crippen molar-refractivity contribution in [2.45, 2.75) is 32.3 Å². The first kappa shape index (κ1) is 17.5. The number of piperidine rings is 1. The smallest absolute Gasteiger partial charge is 0.227 e. The van der Waals surface area contributed by atoms with Crippen LogP contribution in [0.1, 0.15) is 35.8 Å². The van der Waals surface area contributed by atoms with E-state index in [2.05, 4.69) is 4.90 Å². The van der Waals surface area contributed by atoms with Crippen LogP contribution in [0.5, 0.6) is 5.75 Å². The Morgan fingerprint density at radius 2 is 2.04 bits per heavy atom. The van der Waals surface area contributed by atoms with Crippen molar-refractivity contribution >= 4 is 0 Å². The molecule has 0 radical (unpaired) electrons. The first-order valence-corrected chi connectivity index (χ1v) is 9.20. The second-order valence-electron chi connectivity index (χ2n) is 7.15. The third-order valence-corrected chi connectivity index (χ3v) is 5.15. The molecule has 2 heterocycles. The second kappa shape index (κ2) is 7.74. The summed E-state index contributed by atoms with van der Waals surface area (Å²) in [7, 11) is 0. The molecule has 0 spiro atoms. The first-order chi connectivity index (χ1) is 12.7. The lowest BCUT2D eigenvalue weighted by molar-refractivity contribution is -0.112. The van der Waals surface area contributed by atoms with Gasteiger partial charge in [-0.15, -0.1) is 0 Å². The van der Waals surface area contributed by atoms with Gasteiger partial charge in [-0.3, -0.25) is 4.90 Å². The van der Waals surface area contributed by atoms with Gasteiger partial charge in [-0.05, 0) is 37.4 Å². The molecule has 1 saturated heterocycles. The minimum absolute atomic E-state index is 0.207. The van der Waals surface area contributed by atoms with Crippen LogP contribution in [0.2, 0.25) is 0 Å². The number of ether oxygens (including phenoxy) is 2. The van der Waals surface area contributed by atoms with Crippen molar-refractivity contribution in [2.75, 3.05) is 19.7 Å². The third kappa shape index (κ3) is 3.75. The Kier molecular flexibility index (Phi) is 5.20. The lowest BCUT2D eigenvalue weighted by Crippen LogP contribution is -2.36. The number of hydrogen-bond acceptors (Lipinski definition) is 4. The van der Waals surface area contributed by atoms with E-state index >= 15 is 0 Å². The zero-order chi connectivity index (χ0) is 17.9. The summed E-state index contributed by atoms with van der Waals surface area (Å²) >= 11 is 0. The van der Waals surface area contributed by atoms with Crippen molar-refractivity contribution in [3.05, 3.63) is 65.0 Å². The third-order valence-electron chi connectivity index (χ3n) is 5.15. The van der Waals surface area contributed by atoms with Crippen molar-refractivity contribution < 1.29 is 19.0 Å². The first-order valence-electron chi connectivity index (χ1n) is 9.20. The molecule has 0 unspecified atom stereocenters. The van der Waals surface area contributed by atoms with E-state index in [9.17, 15) is 9.50 Å². The fraction of sp³-hybridized carbons (Fsp3) is 0.429. The number of nitrogens with zero attached hydrogens (tertiary/aromatic N) is 1. The number of rotatable bonds is 4. The number of fused-ring (bicyclic) bond motifs is 1. The Labute approximate surface area is 153 Å². The van der Waals surface area contributed by atoms with Crippen LogP contribution in [0.15, 0.2) is 42.5 Å². The molecule has 4 nitrogen and oxygen atoms in total. The molecule has 5 heteroatoms. The number of aliphatic hydroxyl groups is 1. The predicted molar refractivity (Wildman–Crippen MR) is 96.1 cm³/mol. The Bertz CT molecular complexity index is 752. The van der Waals surface area contributed by atoms with E-state index in [1.54, 1.807) is 6.07 Å². The maximum Gasteiger partial charge on any atom is 0.227 e. The molecule has 0 aromatic heterocycles. The number of aliphatic hydroxyl groups excluding tert-OH is 1. The van der Waals surface area contributed by atoms with Gasteiger partial charge in [-0.2, -0.15) is 0 Å². The molecule has 2 aromatic rings. The van der Waals surface area contributed by atoms with Gasteiger partial charge >= 0.3 is 0 Å². The molecule has 2 atom stereocenters. The van der Waals surface area contributed by atoms with Crippen molar-refractivity contribution in [2.24, 2.45) is 5.92 Å². The molecule has 0 saturated carbocycles. The molecule has 2 aliphatic heterocycles. The standard InChI is InChI=1S/C21H24FNO3/c22-19-9-17(12-23-8-4-5-15(11-23)13-24)20-18(10-19)14-25-21(26-20)16-6-2-1-3-7-16/h1-3,6-7,9-10,15,21,24H,4-5,8,11-14H2/t15-,21+/m1/s1. The Morgan fingerprint density at radius 1 is 1.19 bits per heavy atom. The summed E-state index contributed by atoms with van der Waals surface area (Å²) < 4.78 is 26.0. The maximum absolute atomic E-state index is 14.1. The lowest BCUT2D eigenvalue weighted by Gasteiger charge is -2.34. The highest BCUT2D eigenvalue weighted by molar-refractivity contribution is 5.43. The fourth-order valence-electron chi connectivity index (χ4n) is 3.85. The van der Waals surface area contributed by atoms with E-state index < -0.39 is 6.29 Å². The van der Waals surface area contributed by atoms with E-state index in [0.717, 1.165) is 48.4 Å². The molecule has 0 bridgehead atoms. The number of likely N-dealkylation sites (tertiary alicyclic amines) is 1. The van der Waals surface area contributed by atoms with E-state index in [-0.39, 0.29) is 12.4 Å². The molecule has 4 rings (SSSR count). The molecule has 1 N–H and O–H groups in total. The number of hydrogen-bond donors (Lipinski definition) is 1. The van der Waals surface area contributed by atoms with Gasteiger partial charge in [-0.1, -0.05) is 30.3 Å². The van der Waals surface area contributed by atoms with Crippen LogP contribution in [-0.2, 0) is 17.9 Å². The van der Waals surface area contributed by atoms with Gasteiger partial charge in [0.25, 0.3) is 0 Å². The highest BCUT2D eigenvalue weighted by Gasteiger charge is 2.27. The average Bonchev–Trinajstić information content (AvgIpc) is 2.68. The van der Waals surface area contributed by atoms with Crippen LogP contribution < -0.4 is 4.74 Å². The molecular weight excluding hydrogens is 333 g/mol. The van der Waals surface area contributed by atoms with E-state index in [1.807, 2.05) is 30.3 Å². The molecule has 2 aliphatic rings. The molecule has 138 valence electrons. The summed E-state index contributed by atoms with van der Waals surface area (Å²) in [4.78, 5) is 2.27. The van der Waals surface area contributed by atoms with Crippen LogP contribution in [-0.4, -0.2) is 29.7 Å². The SMILES string of the molecule is OC[C@@H]1CCCN(Cc2cc(F)cc3c2O[C@@H](c2ccccc2)OC3)C1. The van der Waals surface area contributed by atoms with E-state index in [0.29, 0.717) is 19.1 Å². The summed E-state index contributed by atoms with van der Waals surface area (Å²) in [6.45, 7) is 2.95. The summed E-state index contributed by atoms with van der Waals surface area (Å²) in [6, 6.07) is 12.8. The lowest BCUT2D eigenvalue weighted by atomic mass is 9.98. The van der Waals surface area contributed by atoms with Gasteiger partial charge < -0.3 is 14.6 Å². The largest absolute Gasteiger partial charge is 0.460 e. The monoisotopic (exact) mass is 357 g/mol. The summed E-state index contributed by atoms with van der Waals surface area (Å²) in [5.74, 6) is 0.770. The minimum Gasteiger partial charge on any atom is -0.460 e. The average molecular weight is 357 g/mol. The van der Waals surface area contributed by atoms with Crippen LogP contribution in [0.4, 0.5) is 4.39 Å². The summed E-state index contributed by atoms with van der Waals surface area (Å²) in [6.07, 6.45) is 1.63. The van der Waals surface area contributed by atoms with Crippen molar-refractivity contribution in [1.82, 2.24) is 4.90 Å². The van der Waals surface area contributed by atoms with Gasteiger partial charge in [0, 0.05) is 36.4 Å². The molecule has 26 heavy (non-hydrogen) atoms. The maximum atomic E-state index is 14.1. The van der Waals surface area contributed by atoms with Crippen molar-refractivity contribution in [3.8, 4) is 5.75 Å². The van der Waals surface area contributed by atoms with Crippen LogP contribution >= 0.6 is 0 Å². The van der Waals surface area contributed by atoms with Gasteiger partial charge in [0.1, 0.15) is 11.6 Å². The zero-order valence-corrected chi connectivity index (χ0v) is 14.7. The molecule has 1 fully saturated rings. The van der Waals surface area contributed by atoms with Gasteiger partial charge in [0.2, 0.25) is 6.29 Å². The predicted octanol–water partition coefficient (Wildman–Crippen LogP) is 3.64. The fourth-order valence-corrected chi connectivity index (χ4v) is 3.85. The number of benzene rings is 2. The number of halogens is 1. The minimum atomic E-state index is -0.473. The molecule has 0 amide bonds. The van der Waals surface area contributed by atoms with Crippen LogP contribution in [0, 0.1) is 11.7 Å². The van der Waals surface area contributed by atoms with Crippen LogP contribution in [0.25, 0.3) is 0 Å². The van der Waals surface area contributed by atoms with Crippen molar-refractivity contribution in [3.63, 3.8) is 0 Å². The Morgan fingerprint density at radius 3 is 2.85 bits per heavy atom. The van der Waals surface area contributed by atoms with Gasteiger partial charge in [0.15, 0.2) is 0 Å². The van der Waals surface area contributed by atoms with E-state index in [1.165, 1.54) is 6.07 Å². The normalized spacial score (nSPS) is 23.3. The van der Waals surface area contributed by atoms with Gasteiger partial charge in [-0.25, -0.2) is 4.39 Å². The molecule has 0 aliphatic carbocycles. The Balaban J connectivity index is 1.57. The molecule has 2 aromatic carbocycles. The highest BCUT2D eigenvalue weighted by atomic mass is 19.1. The van der Waals surface area contributed by atoms with Gasteiger partial charge in [0.05, 0.1) is 6.61 Å². The Hall–Kier alpha value is -1.95. The highest BCUT2D eigenvalue weighted by Crippen LogP contribution is 2.37. The van der Waals surface area contributed by atoms with E-state index in [4.69, 9.17) is 9.47 Å². The summed E-state index contributed by atoms with van der Waals surface area (Å²) in [5.41, 5.74) is 2.55. The van der Waals surface area contributed by atoms with Crippen LogP contribution in [0.3, 0.4) is 0 Å². The second-order valence-corrected chi connectivity index (χ2v) is 7.15. The quantitative estimate of drug-likeness (QED) is 0.907. The van der Waals surface area contributed by atoms with Crippen molar-refractivity contribution in [1.29, 1.82) is 0 Å². The topological polar surface area (TPSA) is 41.9 Å². The molecular formula is C21H24FNO3. The summed E-state index contributed by atoms with van der Waals surface area (Å²) in [5, 5.41) is 9.44. The zero-order valence-electron chi connectivity index (χ0n) is 14.7.